The first-order valence-electron chi connectivity index (χ1n) is 9.55. The first-order valence-corrected chi connectivity index (χ1v) is 9.55. The number of nitrogens with zero attached hydrogens (tertiary/aromatic N) is 4. The Bertz CT molecular complexity index is 886. The van der Waals surface area contributed by atoms with Gasteiger partial charge in [-0.3, -0.25) is 9.88 Å². The molecule has 5 nitrogen and oxygen atoms in total. The van der Waals surface area contributed by atoms with Crippen LogP contribution in [0.2, 0.25) is 0 Å². The molecule has 0 amide bonds. The number of pyridine rings is 1. The number of rotatable bonds is 4. The van der Waals surface area contributed by atoms with Crippen molar-refractivity contribution >= 4 is 0 Å². The van der Waals surface area contributed by atoms with Gasteiger partial charge in [0.15, 0.2) is 0 Å². The molecule has 0 aliphatic carbocycles. The second kappa shape index (κ2) is 7.25. The van der Waals surface area contributed by atoms with E-state index >= 15 is 0 Å². The van der Waals surface area contributed by atoms with Crippen LogP contribution in [0.1, 0.15) is 25.8 Å². The van der Waals surface area contributed by atoms with Crippen LogP contribution in [0, 0.1) is 5.41 Å². The van der Waals surface area contributed by atoms with Gasteiger partial charge in [0.1, 0.15) is 0 Å². The number of hydrogen-bond acceptors (Lipinski definition) is 4. The van der Waals surface area contributed by atoms with Crippen LogP contribution in [0.5, 0.6) is 0 Å². The summed E-state index contributed by atoms with van der Waals surface area (Å²) in [6, 6.07) is 14.5. The highest BCUT2D eigenvalue weighted by Crippen LogP contribution is 2.30. The van der Waals surface area contributed by atoms with Crippen LogP contribution in [0.25, 0.3) is 16.9 Å². The molecule has 4 rings (SSSR count). The number of nitrogens with two attached hydrogens (primary N) is 1. The third-order valence-corrected chi connectivity index (χ3v) is 5.53. The van der Waals surface area contributed by atoms with Crippen molar-refractivity contribution in [1.82, 2.24) is 19.7 Å². The first kappa shape index (κ1) is 17.9. The molecule has 3 aromatic rings. The van der Waals surface area contributed by atoms with E-state index in [-0.39, 0.29) is 11.5 Å². The van der Waals surface area contributed by atoms with Gasteiger partial charge in [-0.15, -0.1) is 0 Å². The Kier molecular flexibility index (Phi) is 4.81. The number of hydrogen-bond donors (Lipinski definition) is 1. The topological polar surface area (TPSA) is 60.0 Å². The highest BCUT2D eigenvalue weighted by molar-refractivity contribution is 5.62. The predicted octanol–water partition coefficient (Wildman–Crippen LogP) is 3.49. The molecule has 1 unspecified atom stereocenters. The summed E-state index contributed by atoms with van der Waals surface area (Å²) in [7, 11) is 0. The Morgan fingerprint density at radius 1 is 1.15 bits per heavy atom. The maximum absolute atomic E-state index is 6.32. The van der Waals surface area contributed by atoms with Crippen molar-refractivity contribution in [2.45, 2.75) is 32.9 Å². The van der Waals surface area contributed by atoms with Crippen molar-refractivity contribution in [3.63, 3.8) is 0 Å². The van der Waals surface area contributed by atoms with E-state index in [2.05, 4.69) is 48.1 Å². The Labute approximate surface area is 160 Å². The summed E-state index contributed by atoms with van der Waals surface area (Å²) in [6.45, 7) is 7.41. The smallest absolute Gasteiger partial charge is 0.0988 e. The summed E-state index contributed by atoms with van der Waals surface area (Å²) in [4.78, 5) is 6.78. The second-order valence-corrected chi connectivity index (χ2v) is 8.12. The molecule has 0 saturated carbocycles. The quantitative estimate of drug-likeness (QED) is 0.773. The number of likely N-dealkylation sites (tertiary alicyclic amines) is 1. The summed E-state index contributed by atoms with van der Waals surface area (Å²) in [5.74, 6) is 0. The zero-order valence-corrected chi connectivity index (χ0v) is 16.0. The third kappa shape index (κ3) is 3.80. The Morgan fingerprint density at radius 3 is 2.67 bits per heavy atom. The van der Waals surface area contributed by atoms with Crippen LogP contribution in [0.3, 0.4) is 0 Å². The number of para-hydroxylation sites is 1. The molecule has 1 fully saturated rings. The van der Waals surface area contributed by atoms with Crippen LogP contribution in [-0.4, -0.2) is 38.8 Å². The Hall–Kier alpha value is -2.50. The fourth-order valence-corrected chi connectivity index (χ4v) is 3.85. The minimum absolute atomic E-state index is 0.127. The first-order chi connectivity index (χ1) is 13.0. The molecular weight excluding hydrogens is 334 g/mol. The standard InChI is InChI=1S/C22H27N5/c1-22(2)16-26(12-10-20(22)23)14-18-15-27(19-8-4-3-5-9-19)25-21(18)17-7-6-11-24-13-17/h3-9,11,13,15,20H,10,12,14,16,23H2,1-2H3. The summed E-state index contributed by atoms with van der Waals surface area (Å²) in [6.07, 6.45) is 6.87. The lowest BCUT2D eigenvalue weighted by Crippen LogP contribution is -2.52. The fraction of sp³-hybridized carbons (Fsp3) is 0.364. The molecule has 5 heteroatoms. The lowest BCUT2D eigenvalue weighted by molar-refractivity contribution is 0.0900. The molecule has 1 aromatic carbocycles. The zero-order chi connectivity index (χ0) is 18.9. The summed E-state index contributed by atoms with van der Waals surface area (Å²) >= 11 is 0. The summed E-state index contributed by atoms with van der Waals surface area (Å²) < 4.78 is 1.97. The molecule has 1 atom stereocenters. The number of benzene rings is 1. The third-order valence-electron chi connectivity index (χ3n) is 5.53. The highest BCUT2D eigenvalue weighted by Gasteiger charge is 2.33. The fourth-order valence-electron chi connectivity index (χ4n) is 3.85. The minimum atomic E-state index is 0.127. The van der Waals surface area contributed by atoms with E-state index in [0.29, 0.717) is 0 Å². The van der Waals surface area contributed by atoms with Crippen LogP contribution < -0.4 is 5.73 Å². The molecule has 2 aromatic heterocycles. The van der Waals surface area contributed by atoms with Crippen molar-refractivity contribution in [2.24, 2.45) is 11.1 Å². The van der Waals surface area contributed by atoms with Crippen molar-refractivity contribution in [3.05, 3.63) is 66.6 Å². The van der Waals surface area contributed by atoms with Gasteiger partial charge in [0, 0.05) is 55.4 Å². The average molecular weight is 361 g/mol. The molecule has 1 aliphatic rings. The molecule has 0 radical (unpaired) electrons. The lowest BCUT2D eigenvalue weighted by atomic mass is 9.79. The van der Waals surface area contributed by atoms with Crippen molar-refractivity contribution in [3.8, 4) is 16.9 Å². The van der Waals surface area contributed by atoms with Gasteiger partial charge in [0.25, 0.3) is 0 Å². The Balaban J connectivity index is 1.67. The van der Waals surface area contributed by atoms with E-state index in [1.54, 1.807) is 6.20 Å². The molecule has 3 heterocycles. The van der Waals surface area contributed by atoms with E-state index in [9.17, 15) is 0 Å². The van der Waals surface area contributed by atoms with Crippen LogP contribution in [0.15, 0.2) is 61.1 Å². The van der Waals surface area contributed by atoms with Crippen molar-refractivity contribution < 1.29 is 0 Å². The second-order valence-electron chi connectivity index (χ2n) is 8.12. The molecule has 1 saturated heterocycles. The monoisotopic (exact) mass is 361 g/mol. The van der Waals surface area contributed by atoms with Gasteiger partial charge in [0.05, 0.1) is 11.4 Å². The van der Waals surface area contributed by atoms with E-state index < -0.39 is 0 Å². The van der Waals surface area contributed by atoms with Gasteiger partial charge in [-0.2, -0.15) is 5.10 Å². The van der Waals surface area contributed by atoms with Crippen LogP contribution in [0.4, 0.5) is 0 Å². The van der Waals surface area contributed by atoms with Gasteiger partial charge in [0.2, 0.25) is 0 Å². The van der Waals surface area contributed by atoms with E-state index in [1.165, 1.54) is 5.56 Å². The average Bonchev–Trinajstić information content (AvgIpc) is 3.10. The van der Waals surface area contributed by atoms with E-state index in [4.69, 9.17) is 10.8 Å². The number of piperidine rings is 1. The number of aromatic nitrogens is 3. The van der Waals surface area contributed by atoms with Gasteiger partial charge < -0.3 is 5.73 Å². The molecule has 140 valence electrons. The van der Waals surface area contributed by atoms with Crippen molar-refractivity contribution in [1.29, 1.82) is 0 Å². The molecule has 2 N–H and O–H groups in total. The molecule has 1 aliphatic heterocycles. The maximum atomic E-state index is 6.32. The summed E-state index contributed by atoms with van der Waals surface area (Å²) in [5, 5.41) is 4.89. The molecular formula is C22H27N5. The van der Waals surface area contributed by atoms with E-state index in [1.807, 2.05) is 35.1 Å². The van der Waals surface area contributed by atoms with Gasteiger partial charge in [-0.1, -0.05) is 32.0 Å². The van der Waals surface area contributed by atoms with Gasteiger partial charge >= 0.3 is 0 Å². The lowest BCUT2D eigenvalue weighted by Gasteiger charge is -2.42. The highest BCUT2D eigenvalue weighted by atomic mass is 15.3. The predicted molar refractivity (Wildman–Crippen MR) is 108 cm³/mol. The maximum Gasteiger partial charge on any atom is 0.0988 e. The molecule has 0 bridgehead atoms. The minimum Gasteiger partial charge on any atom is -0.327 e. The largest absolute Gasteiger partial charge is 0.327 e. The normalized spacial score (nSPS) is 19.9. The van der Waals surface area contributed by atoms with Crippen LogP contribution in [-0.2, 0) is 6.54 Å². The molecule has 0 spiro atoms. The van der Waals surface area contributed by atoms with Crippen molar-refractivity contribution in [2.75, 3.05) is 13.1 Å². The Morgan fingerprint density at radius 2 is 1.96 bits per heavy atom. The SMILES string of the molecule is CC1(C)CN(Cc2cn(-c3ccccc3)nc2-c2cccnc2)CCC1N. The van der Waals surface area contributed by atoms with Crippen LogP contribution >= 0.6 is 0 Å². The molecule has 27 heavy (non-hydrogen) atoms. The van der Waals surface area contributed by atoms with Gasteiger partial charge in [-0.05, 0) is 36.1 Å². The summed E-state index contributed by atoms with van der Waals surface area (Å²) in [5.41, 5.74) is 10.8. The van der Waals surface area contributed by atoms with E-state index in [0.717, 1.165) is 43.0 Å². The van der Waals surface area contributed by atoms with Gasteiger partial charge in [-0.25, -0.2) is 4.68 Å². The zero-order valence-electron chi connectivity index (χ0n) is 16.0.